The fourth-order valence-corrected chi connectivity index (χ4v) is 8.25. The van der Waals surface area contributed by atoms with Crippen molar-refractivity contribution in [1.82, 2.24) is 4.90 Å². The molecule has 0 radical (unpaired) electrons. The van der Waals surface area contributed by atoms with Gasteiger partial charge in [-0.3, -0.25) is 14.5 Å². The largest absolute Gasteiger partial charge is 0.459 e. The van der Waals surface area contributed by atoms with Crippen LogP contribution < -0.4 is 0 Å². The molecule has 2 saturated heterocycles. The van der Waals surface area contributed by atoms with Crippen LogP contribution in [0, 0.1) is 36.0 Å². The summed E-state index contributed by atoms with van der Waals surface area (Å²) in [6.45, 7) is 14.4. The first-order valence-electron chi connectivity index (χ1n) is 19.0. The highest BCUT2D eigenvalue weighted by atomic mass is 16.7. The van der Waals surface area contributed by atoms with Crippen LogP contribution in [-0.2, 0) is 33.4 Å². The van der Waals surface area contributed by atoms with Crippen molar-refractivity contribution in [3.8, 4) is 12.3 Å². The zero-order valence-electron chi connectivity index (χ0n) is 32.7. The zero-order valence-corrected chi connectivity index (χ0v) is 32.7. The molecule has 0 amide bonds. The maximum absolute atomic E-state index is 14.2. The van der Waals surface area contributed by atoms with E-state index in [0.717, 1.165) is 32.1 Å². The molecular formula is C39H66N2O10. The van der Waals surface area contributed by atoms with Gasteiger partial charge >= 0.3 is 5.97 Å². The molecule has 12 heteroatoms. The summed E-state index contributed by atoms with van der Waals surface area (Å²) in [6, 6.07) is -0.324. The molecule has 13 atom stereocenters. The Hall–Kier alpha value is -2.11. The molecule has 3 fully saturated rings. The lowest BCUT2D eigenvalue weighted by molar-refractivity contribution is -0.295. The number of nitrogens with zero attached hydrogens (tertiary/aromatic N) is 2. The molecule has 0 aromatic heterocycles. The Kier molecular flexibility index (Phi) is 15.9. The Morgan fingerprint density at radius 1 is 1.06 bits per heavy atom. The van der Waals surface area contributed by atoms with Crippen LogP contribution in [0.15, 0.2) is 5.16 Å². The van der Waals surface area contributed by atoms with E-state index >= 15 is 0 Å². The molecule has 2 aliphatic heterocycles. The lowest BCUT2D eigenvalue weighted by Crippen LogP contribution is -2.60. The zero-order chi connectivity index (χ0) is 38.3. The predicted octanol–water partition coefficient (Wildman–Crippen LogP) is 4.25. The number of Topliss-reactive ketones (excluding diaryl/α,β-unsaturated/α-hetero) is 1. The molecule has 2 heterocycles. The first-order chi connectivity index (χ1) is 23.9. The Morgan fingerprint density at radius 3 is 2.29 bits per heavy atom. The number of carbonyl (C=O) groups is 2. The van der Waals surface area contributed by atoms with E-state index in [2.05, 4.69) is 11.1 Å². The third kappa shape index (κ3) is 10.3. The van der Waals surface area contributed by atoms with Crippen LogP contribution in [0.4, 0.5) is 0 Å². The molecule has 0 spiro atoms. The Balaban J connectivity index is 2.12. The summed E-state index contributed by atoms with van der Waals surface area (Å²) in [6.07, 6.45) is 5.92. The number of hydrogen-bond acceptors (Lipinski definition) is 12. The van der Waals surface area contributed by atoms with Gasteiger partial charge in [-0.2, -0.15) is 0 Å². The van der Waals surface area contributed by atoms with Crippen molar-refractivity contribution >= 4 is 17.5 Å². The van der Waals surface area contributed by atoms with E-state index in [9.17, 15) is 24.9 Å². The smallest absolute Gasteiger partial charge is 0.316 e. The minimum Gasteiger partial charge on any atom is -0.459 e. The third-order valence-corrected chi connectivity index (χ3v) is 11.7. The molecule has 51 heavy (non-hydrogen) atoms. The van der Waals surface area contributed by atoms with Gasteiger partial charge in [-0.1, -0.05) is 39.3 Å². The van der Waals surface area contributed by atoms with E-state index in [1.165, 1.54) is 21.0 Å². The van der Waals surface area contributed by atoms with Crippen LogP contribution in [0.25, 0.3) is 0 Å². The summed E-state index contributed by atoms with van der Waals surface area (Å²) in [5.41, 5.74) is -2.58. The maximum Gasteiger partial charge on any atom is 0.316 e. The number of methoxy groups -OCH3 is 1. The van der Waals surface area contributed by atoms with Gasteiger partial charge in [-0.15, -0.1) is 12.3 Å². The molecule has 3 N–H and O–H groups in total. The van der Waals surface area contributed by atoms with Crippen LogP contribution in [-0.4, -0.2) is 119 Å². The number of esters is 1. The SMILES string of the molecule is C#CCCN(C)[C@H]1C[C@@H](C)O[C@@H](O[C@@H]2[C@@H](C)C(=O)[C@@H](C)C(=O)O[C@H](CC)[C@@](C)(O)[C@H](O)[C@@H](C)/C(=N/OC3CCCCC3)[C@H](C)C[C@@]2(C)OC)[C@@H]1O. The number of ketones is 1. The van der Waals surface area contributed by atoms with Crippen molar-refractivity contribution < 1.29 is 48.7 Å². The second-order valence-electron chi connectivity index (χ2n) is 15.8. The highest BCUT2D eigenvalue weighted by molar-refractivity contribution is 6.00. The van der Waals surface area contributed by atoms with Gasteiger partial charge in [-0.05, 0) is 79.7 Å². The average Bonchev–Trinajstić information content (AvgIpc) is 3.11. The van der Waals surface area contributed by atoms with Crippen LogP contribution in [0.2, 0.25) is 0 Å². The number of oxime groups is 1. The van der Waals surface area contributed by atoms with E-state index in [1.54, 1.807) is 20.8 Å². The number of carbonyl (C=O) groups excluding carboxylic acids is 2. The van der Waals surface area contributed by atoms with Gasteiger partial charge in [0.1, 0.15) is 29.8 Å². The quantitative estimate of drug-likeness (QED) is 0.135. The highest BCUT2D eigenvalue weighted by Crippen LogP contribution is 2.39. The summed E-state index contributed by atoms with van der Waals surface area (Å²) in [5, 5.41) is 39.8. The molecule has 1 saturated carbocycles. The molecule has 12 nitrogen and oxygen atoms in total. The van der Waals surface area contributed by atoms with Crippen molar-refractivity contribution in [2.45, 2.75) is 173 Å². The van der Waals surface area contributed by atoms with Crippen molar-refractivity contribution in [3.05, 3.63) is 0 Å². The van der Waals surface area contributed by atoms with Crippen molar-refractivity contribution in [3.63, 3.8) is 0 Å². The minimum absolute atomic E-state index is 0.0663. The molecular weight excluding hydrogens is 656 g/mol. The van der Waals surface area contributed by atoms with Crippen molar-refractivity contribution in [2.24, 2.45) is 28.8 Å². The second kappa shape index (κ2) is 18.8. The van der Waals surface area contributed by atoms with Gasteiger partial charge in [0.05, 0.1) is 29.6 Å². The standard InChI is InChI=1S/C39H66N2O10/c1-12-14-20-41(10)29-21-24(4)48-37(33(29)43)50-35-26(6)32(42)27(7)36(45)49-30(13-2)39(9,46)34(44)25(5)31(23(3)22-38(35,8)47-11)40-51-28-18-16-15-17-19-28/h1,23-30,33-35,37,43-44,46H,13-22H2,2-11H3/b40-31+/t23-,24-,25+,26+,27-,29+,30-,33-,34-,35-,37+,38-,39-/m1/s1. The third-order valence-electron chi connectivity index (χ3n) is 11.7. The van der Waals surface area contributed by atoms with E-state index in [0.29, 0.717) is 25.1 Å². The van der Waals surface area contributed by atoms with E-state index in [1.807, 2.05) is 32.7 Å². The topological polar surface area (TPSA) is 157 Å². The Labute approximate surface area is 305 Å². The van der Waals surface area contributed by atoms with Gasteiger partial charge in [0.2, 0.25) is 0 Å². The number of aliphatic hydroxyl groups is 3. The normalized spacial score (nSPS) is 41.9. The van der Waals surface area contributed by atoms with Gasteiger partial charge in [0.15, 0.2) is 12.1 Å². The van der Waals surface area contributed by atoms with Crippen LogP contribution in [0.1, 0.15) is 113 Å². The van der Waals surface area contributed by atoms with E-state index in [-0.39, 0.29) is 31.1 Å². The summed E-state index contributed by atoms with van der Waals surface area (Å²) in [5.74, 6) is -1.94. The van der Waals surface area contributed by atoms with Gasteiger partial charge < -0.3 is 39.1 Å². The lowest BCUT2D eigenvalue weighted by Gasteiger charge is -2.47. The summed E-state index contributed by atoms with van der Waals surface area (Å²) < 4.78 is 24.9. The van der Waals surface area contributed by atoms with Gasteiger partial charge in [0.25, 0.3) is 0 Å². The van der Waals surface area contributed by atoms with Crippen molar-refractivity contribution in [2.75, 3.05) is 20.7 Å². The molecule has 0 aromatic rings. The number of likely N-dealkylation sites (N-methyl/N-ethyl adjacent to an activating group) is 1. The Morgan fingerprint density at radius 2 is 1.71 bits per heavy atom. The number of aliphatic hydroxyl groups excluding tert-OH is 2. The number of ether oxygens (including phenoxy) is 4. The number of rotatable bonds is 9. The average molecular weight is 723 g/mol. The lowest BCUT2D eigenvalue weighted by atomic mass is 9.74. The minimum atomic E-state index is -1.88. The molecule has 292 valence electrons. The fourth-order valence-electron chi connectivity index (χ4n) is 8.25. The first-order valence-corrected chi connectivity index (χ1v) is 19.0. The molecule has 0 aromatic carbocycles. The molecule has 3 aliphatic rings. The maximum atomic E-state index is 14.2. The monoisotopic (exact) mass is 722 g/mol. The number of terminal acetylenes is 1. The second-order valence-corrected chi connectivity index (χ2v) is 15.8. The summed E-state index contributed by atoms with van der Waals surface area (Å²) in [4.78, 5) is 35.9. The molecule has 0 bridgehead atoms. The van der Waals surface area contributed by atoms with Gasteiger partial charge in [0, 0.05) is 43.9 Å². The summed E-state index contributed by atoms with van der Waals surface area (Å²) >= 11 is 0. The molecule has 3 rings (SSSR count). The van der Waals surface area contributed by atoms with Crippen LogP contribution in [0.5, 0.6) is 0 Å². The predicted molar refractivity (Wildman–Crippen MR) is 194 cm³/mol. The molecule has 0 unspecified atom stereocenters. The van der Waals surface area contributed by atoms with Gasteiger partial charge in [-0.25, -0.2) is 0 Å². The van der Waals surface area contributed by atoms with Crippen molar-refractivity contribution in [1.29, 1.82) is 0 Å². The summed E-state index contributed by atoms with van der Waals surface area (Å²) in [7, 11) is 3.43. The first kappa shape index (κ1) is 43.3. The number of hydrogen-bond donors (Lipinski definition) is 3. The van der Waals surface area contributed by atoms with Crippen LogP contribution in [0.3, 0.4) is 0 Å². The fraction of sp³-hybridized carbons (Fsp3) is 0.872. The molecule has 1 aliphatic carbocycles. The Bertz CT molecular complexity index is 1210. The highest BCUT2D eigenvalue weighted by Gasteiger charge is 2.51. The number of cyclic esters (lactones) is 1. The van der Waals surface area contributed by atoms with Crippen LogP contribution >= 0.6 is 0 Å². The van der Waals surface area contributed by atoms with E-state index < -0.39 is 77.3 Å². The van der Waals surface area contributed by atoms with E-state index in [4.69, 9.17) is 30.2 Å².